The average Bonchev–Trinajstić information content (AvgIpc) is 2.97. The van der Waals surface area contributed by atoms with Gasteiger partial charge in [-0.25, -0.2) is 9.78 Å². The van der Waals surface area contributed by atoms with E-state index in [2.05, 4.69) is 22.2 Å². The molecule has 2 rings (SSSR count). The van der Waals surface area contributed by atoms with E-state index in [-0.39, 0.29) is 18.2 Å². The van der Waals surface area contributed by atoms with Gasteiger partial charge in [0.15, 0.2) is 0 Å². The number of nitrogens with one attached hydrogen (secondary N) is 2. The smallest absolute Gasteiger partial charge is 0.410 e. The van der Waals surface area contributed by atoms with Crippen molar-refractivity contribution in [1.82, 2.24) is 14.9 Å². The summed E-state index contributed by atoms with van der Waals surface area (Å²) in [7, 11) is 0. The van der Waals surface area contributed by atoms with Gasteiger partial charge >= 0.3 is 6.09 Å². The van der Waals surface area contributed by atoms with Crippen molar-refractivity contribution in [2.24, 2.45) is 0 Å². The molecule has 1 aromatic rings. The number of H-pyrrole nitrogens is 1. The van der Waals surface area contributed by atoms with Gasteiger partial charge in [-0.15, -0.1) is 0 Å². The second-order valence-electron chi connectivity index (χ2n) is 6.72. The summed E-state index contributed by atoms with van der Waals surface area (Å²) >= 11 is 0. The van der Waals surface area contributed by atoms with E-state index >= 15 is 0 Å². The molecule has 1 saturated heterocycles. The number of carbonyl (C=O) groups excluding carboxylic acids is 1. The number of anilines is 1. The average molecular weight is 294 g/mol. The van der Waals surface area contributed by atoms with Crippen molar-refractivity contribution in [3.05, 3.63) is 12.5 Å². The number of imidazole rings is 1. The number of hydrogen-bond acceptors (Lipinski definition) is 4. The first kappa shape index (κ1) is 15.7. The largest absolute Gasteiger partial charge is 0.444 e. The molecule has 6 heteroatoms. The standard InChI is InChI=1S/C15H26N4O2/c1-11(18-13-9-16-10-17-13)8-12-6-5-7-19(12)14(20)21-15(2,3)4/h9-12,18H,5-8H2,1-4H3,(H,16,17)/t11-,12-/m0/s1. The third-order valence-corrected chi connectivity index (χ3v) is 3.53. The van der Waals surface area contributed by atoms with Crippen molar-refractivity contribution < 1.29 is 9.53 Å². The van der Waals surface area contributed by atoms with Gasteiger partial charge in [-0.2, -0.15) is 0 Å². The number of aromatic nitrogens is 2. The quantitative estimate of drug-likeness (QED) is 0.895. The van der Waals surface area contributed by atoms with Crippen LogP contribution in [-0.4, -0.2) is 45.2 Å². The highest BCUT2D eigenvalue weighted by Gasteiger charge is 2.32. The maximum Gasteiger partial charge on any atom is 0.410 e. The van der Waals surface area contributed by atoms with Gasteiger partial charge in [0, 0.05) is 18.6 Å². The maximum atomic E-state index is 12.2. The Hall–Kier alpha value is -1.72. The molecule has 6 nitrogen and oxygen atoms in total. The maximum absolute atomic E-state index is 12.2. The first-order chi connectivity index (χ1) is 9.85. The van der Waals surface area contributed by atoms with E-state index in [1.807, 2.05) is 25.7 Å². The Balaban J connectivity index is 1.88. The summed E-state index contributed by atoms with van der Waals surface area (Å²) in [6, 6.07) is 0.503. The van der Waals surface area contributed by atoms with Crippen molar-refractivity contribution >= 4 is 11.9 Å². The number of aromatic amines is 1. The molecule has 21 heavy (non-hydrogen) atoms. The Labute approximate surface area is 126 Å². The zero-order valence-corrected chi connectivity index (χ0v) is 13.3. The zero-order valence-electron chi connectivity index (χ0n) is 13.3. The second-order valence-corrected chi connectivity index (χ2v) is 6.72. The first-order valence-electron chi connectivity index (χ1n) is 7.59. The summed E-state index contributed by atoms with van der Waals surface area (Å²) in [4.78, 5) is 21.1. The molecule has 1 aliphatic rings. The van der Waals surface area contributed by atoms with E-state index in [1.54, 1.807) is 12.5 Å². The summed E-state index contributed by atoms with van der Waals surface area (Å²) in [6.07, 6.45) is 6.19. The fraction of sp³-hybridized carbons (Fsp3) is 0.733. The van der Waals surface area contributed by atoms with E-state index in [1.165, 1.54) is 0 Å². The molecule has 1 aromatic heterocycles. The van der Waals surface area contributed by atoms with Crippen LogP contribution in [0.1, 0.15) is 47.0 Å². The van der Waals surface area contributed by atoms with Crippen LogP contribution in [0.5, 0.6) is 0 Å². The number of rotatable bonds is 4. The van der Waals surface area contributed by atoms with Gasteiger partial charge in [-0.1, -0.05) is 0 Å². The van der Waals surface area contributed by atoms with Crippen molar-refractivity contribution in [1.29, 1.82) is 0 Å². The lowest BCUT2D eigenvalue weighted by molar-refractivity contribution is 0.0218. The van der Waals surface area contributed by atoms with Crippen LogP contribution in [0.25, 0.3) is 0 Å². The third kappa shape index (κ3) is 4.65. The predicted molar refractivity (Wildman–Crippen MR) is 82.3 cm³/mol. The molecule has 2 heterocycles. The van der Waals surface area contributed by atoms with Crippen molar-refractivity contribution in [2.45, 2.75) is 64.6 Å². The molecule has 0 aromatic carbocycles. The topological polar surface area (TPSA) is 70.2 Å². The molecule has 0 bridgehead atoms. The highest BCUT2D eigenvalue weighted by molar-refractivity contribution is 5.69. The van der Waals surface area contributed by atoms with Crippen LogP contribution >= 0.6 is 0 Å². The second kappa shape index (κ2) is 6.37. The molecule has 0 spiro atoms. The van der Waals surface area contributed by atoms with Crippen LogP contribution < -0.4 is 5.32 Å². The molecule has 0 aliphatic carbocycles. The summed E-state index contributed by atoms with van der Waals surface area (Å²) in [6.45, 7) is 8.61. The zero-order chi connectivity index (χ0) is 15.5. The molecule has 2 atom stereocenters. The summed E-state index contributed by atoms with van der Waals surface area (Å²) in [5, 5.41) is 3.36. The number of hydrogen-bond donors (Lipinski definition) is 2. The van der Waals surface area contributed by atoms with Crippen molar-refractivity contribution in [3.63, 3.8) is 0 Å². The minimum absolute atomic E-state index is 0.196. The third-order valence-electron chi connectivity index (χ3n) is 3.53. The molecular weight excluding hydrogens is 268 g/mol. The minimum atomic E-state index is -0.440. The number of likely N-dealkylation sites (tertiary alicyclic amines) is 1. The fourth-order valence-electron chi connectivity index (χ4n) is 2.71. The Morgan fingerprint density at radius 3 is 3.00 bits per heavy atom. The highest BCUT2D eigenvalue weighted by Crippen LogP contribution is 2.24. The first-order valence-corrected chi connectivity index (χ1v) is 7.59. The van der Waals surface area contributed by atoms with E-state index in [4.69, 9.17) is 4.74 Å². The minimum Gasteiger partial charge on any atom is -0.444 e. The molecule has 0 radical (unpaired) electrons. The summed E-state index contributed by atoms with van der Waals surface area (Å²) in [5.41, 5.74) is -0.440. The summed E-state index contributed by atoms with van der Waals surface area (Å²) < 4.78 is 5.49. The monoisotopic (exact) mass is 294 g/mol. The van der Waals surface area contributed by atoms with E-state index < -0.39 is 5.60 Å². The van der Waals surface area contributed by atoms with Gasteiger partial charge in [-0.3, -0.25) is 0 Å². The Kier molecular flexibility index (Phi) is 4.75. The molecule has 1 amide bonds. The normalized spacial score (nSPS) is 20.4. The van der Waals surface area contributed by atoms with Gasteiger partial charge in [0.1, 0.15) is 11.4 Å². The van der Waals surface area contributed by atoms with Crippen LogP contribution in [0.2, 0.25) is 0 Å². The lowest BCUT2D eigenvalue weighted by Crippen LogP contribution is -2.41. The van der Waals surface area contributed by atoms with Crippen LogP contribution in [-0.2, 0) is 4.74 Å². The molecule has 118 valence electrons. The lowest BCUT2D eigenvalue weighted by atomic mass is 10.1. The van der Waals surface area contributed by atoms with Crippen molar-refractivity contribution in [3.8, 4) is 0 Å². The predicted octanol–water partition coefficient (Wildman–Crippen LogP) is 3.00. The fourth-order valence-corrected chi connectivity index (χ4v) is 2.71. The van der Waals surface area contributed by atoms with Crippen LogP contribution in [0.3, 0.4) is 0 Å². The molecule has 2 N–H and O–H groups in total. The van der Waals surface area contributed by atoms with Crippen molar-refractivity contribution in [2.75, 3.05) is 11.9 Å². The molecule has 1 fully saturated rings. The molecule has 1 aliphatic heterocycles. The van der Waals surface area contributed by atoms with E-state index in [9.17, 15) is 4.79 Å². The number of amides is 1. The van der Waals surface area contributed by atoms with Crippen LogP contribution in [0, 0.1) is 0 Å². The van der Waals surface area contributed by atoms with Crippen LogP contribution in [0.4, 0.5) is 10.6 Å². The van der Waals surface area contributed by atoms with E-state index in [0.29, 0.717) is 0 Å². The van der Waals surface area contributed by atoms with Gasteiger partial charge in [-0.05, 0) is 47.0 Å². The molecular formula is C15H26N4O2. The Bertz CT molecular complexity index is 453. The van der Waals surface area contributed by atoms with Gasteiger partial charge in [0.2, 0.25) is 0 Å². The SMILES string of the molecule is C[C@@H](C[C@@H]1CCCN1C(=O)OC(C)(C)C)Nc1cnc[nH]1. The molecule has 0 unspecified atom stereocenters. The summed E-state index contributed by atoms with van der Waals surface area (Å²) in [5.74, 6) is 0.907. The van der Waals surface area contributed by atoms with Gasteiger partial charge < -0.3 is 19.9 Å². The van der Waals surface area contributed by atoms with E-state index in [0.717, 1.165) is 31.6 Å². The van der Waals surface area contributed by atoms with Crippen LogP contribution in [0.15, 0.2) is 12.5 Å². The highest BCUT2D eigenvalue weighted by atomic mass is 16.6. The Morgan fingerprint density at radius 1 is 1.62 bits per heavy atom. The van der Waals surface area contributed by atoms with Gasteiger partial charge in [0.05, 0.1) is 12.5 Å². The van der Waals surface area contributed by atoms with Gasteiger partial charge in [0.25, 0.3) is 0 Å². The lowest BCUT2D eigenvalue weighted by Gasteiger charge is -2.30. The number of carbonyl (C=O) groups is 1. The number of ether oxygens (including phenoxy) is 1. The Morgan fingerprint density at radius 2 is 2.38 bits per heavy atom. The number of nitrogens with zero attached hydrogens (tertiary/aromatic N) is 2. The molecule has 0 saturated carbocycles.